The molecule has 0 unspecified atom stereocenters. The summed E-state index contributed by atoms with van der Waals surface area (Å²) in [6, 6.07) is 2.73. The number of nitrogens with one attached hydrogen (secondary N) is 2. The van der Waals surface area contributed by atoms with Crippen LogP contribution in [-0.4, -0.2) is 42.5 Å². The largest absolute Gasteiger partial charge is 0.467 e. The lowest BCUT2D eigenvalue weighted by molar-refractivity contribution is -0.145. The second-order valence-electron chi connectivity index (χ2n) is 9.24. The van der Waals surface area contributed by atoms with E-state index in [1.54, 1.807) is 18.3 Å². The first-order valence-electron chi connectivity index (χ1n) is 14.4. The Hall–Kier alpha value is -3.74. The van der Waals surface area contributed by atoms with Crippen molar-refractivity contribution >= 4 is 17.8 Å². The van der Waals surface area contributed by atoms with Crippen LogP contribution in [0.25, 0.3) is 0 Å². The van der Waals surface area contributed by atoms with Gasteiger partial charge in [-0.05, 0) is 76.3 Å². The molecule has 218 valence electrons. The Kier molecular flexibility index (Phi) is 20.8. The van der Waals surface area contributed by atoms with E-state index in [2.05, 4.69) is 83.3 Å². The molecule has 7 heteroatoms. The number of amides is 2. The van der Waals surface area contributed by atoms with Crippen molar-refractivity contribution in [3.05, 3.63) is 90.9 Å². The van der Waals surface area contributed by atoms with Gasteiger partial charge in [0.2, 0.25) is 5.91 Å². The highest BCUT2D eigenvalue weighted by molar-refractivity contribution is 5.93. The number of unbranched alkanes of at least 4 members (excludes halogenated alkanes) is 2. The molecule has 1 atom stereocenters. The molecule has 2 N–H and O–H groups in total. The zero-order chi connectivity index (χ0) is 29.1. The number of ether oxygens (including phenoxy) is 1. The van der Waals surface area contributed by atoms with Crippen LogP contribution in [0.2, 0.25) is 0 Å². The molecule has 0 fully saturated rings. The Morgan fingerprint density at radius 2 is 1.50 bits per heavy atom. The molecule has 1 aromatic rings. The van der Waals surface area contributed by atoms with E-state index in [4.69, 9.17) is 4.74 Å². The smallest absolute Gasteiger partial charge is 0.328 e. The number of aromatic nitrogens is 1. The maximum absolute atomic E-state index is 12.3. The number of rotatable bonds is 21. The summed E-state index contributed by atoms with van der Waals surface area (Å²) in [5.74, 6) is -0.795. The summed E-state index contributed by atoms with van der Waals surface area (Å²) in [5, 5.41) is 5.62. The fourth-order valence-electron chi connectivity index (χ4n) is 3.68. The fourth-order valence-corrected chi connectivity index (χ4v) is 3.68. The molecule has 0 saturated carbocycles. The minimum absolute atomic E-state index is 0.160. The van der Waals surface area contributed by atoms with Crippen LogP contribution in [0.5, 0.6) is 0 Å². The lowest BCUT2D eigenvalue weighted by atomic mass is 10.1. The van der Waals surface area contributed by atoms with Crippen molar-refractivity contribution in [2.24, 2.45) is 0 Å². The Bertz CT molecular complexity index is 981. The number of allylic oxidation sites excluding steroid dienone is 10. The molecule has 0 aliphatic heterocycles. The third kappa shape index (κ3) is 18.5. The van der Waals surface area contributed by atoms with Crippen LogP contribution in [0.15, 0.2) is 85.3 Å². The number of pyridine rings is 1. The summed E-state index contributed by atoms with van der Waals surface area (Å²) >= 11 is 0. The zero-order valence-electron chi connectivity index (χ0n) is 24.2. The van der Waals surface area contributed by atoms with Crippen LogP contribution >= 0.6 is 0 Å². The number of carbonyl (C=O) groups is 3. The SMILES string of the molecule is CCC=CCC=CCC=CCC=CCC=CCCCC(=O)N[C@@H](CCCCNC(=O)c1cccnc1)C(=O)OC. The lowest BCUT2D eigenvalue weighted by Crippen LogP contribution is -2.41. The van der Waals surface area contributed by atoms with Crippen LogP contribution in [0, 0.1) is 0 Å². The number of hydrogen-bond acceptors (Lipinski definition) is 5. The zero-order valence-corrected chi connectivity index (χ0v) is 24.2. The van der Waals surface area contributed by atoms with E-state index in [9.17, 15) is 14.4 Å². The quantitative estimate of drug-likeness (QED) is 0.103. The number of nitrogens with zero attached hydrogens (tertiary/aromatic N) is 1. The molecule has 1 rings (SSSR count). The van der Waals surface area contributed by atoms with Crippen molar-refractivity contribution in [1.29, 1.82) is 0 Å². The van der Waals surface area contributed by atoms with Crippen LogP contribution in [-0.2, 0) is 14.3 Å². The summed E-state index contributed by atoms with van der Waals surface area (Å²) in [7, 11) is 1.32. The second kappa shape index (κ2) is 24.3. The summed E-state index contributed by atoms with van der Waals surface area (Å²) < 4.78 is 4.85. The minimum atomic E-state index is -0.680. The van der Waals surface area contributed by atoms with Crippen molar-refractivity contribution < 1.29 is 19.1 Å². The highest BCUT2D eigenvalue weighted by Crippen LogP contribution is 2.06. The van der Waals surface area contributed by atoms with E-state index >= 15 is 0 Å². The molecule has 1 heterocycles. The topological polar surface area (TPSA) is 97.4 Å². The monoisotopic (exact) mass is 549 g/mol. The molecular formula is C33H47N3O4. The van der Waals surface area contributed by atoms with Gasteiger partial charge in [0.25, 0.3) is 5.91 Å². The van der Waals surface area contributed by atoms with E-state index in [0.717, 1.165) is 38.5 Å². The van der Waals surface area contributed by atoms with Crippen LogP contribution in [0.3, 0.4) is 0 Å². The summed E-state index contributed by atoms with van der Waals surface area (Å²) in [4.78, 5) is 40.4. The van der Waals surface area contributed by atoms with E-state index in [1.807, 2.05) is 0 Å². The molecule has 0 aliphatic rings. The van der Waals surface area contributed by atoms with Gasteiger partial charge in [0.15, 0.2) is 0 Å². The van der Waals surface area contributed by atoms with Gasteiger partial charge < -0.3 is 15.4 Å². The molecule has 2 amide bonds. The molecular weight excluding hydrogens is 502 g/mol. The van der Waals surface area contributed by atoms with Gasteiger partial charge in [0.1, 0.15) is 6.04 Å². The average Bonchev–Trinajstić information content (AvgIpc) is 2.97. The molecule has 0 bridgehead atoms. The maximum atomic E-state index is 12.3. The first kappa shape index (κ1) is 34.3. The molecule has 7 nitrogen and oxygen atoms in total. The Balaban J connectivity index is 2.15. The normalized spacial score (nSPS) is 12.7. The third-order valence-electron chi connectivity index (χ3n) is 5.88. The van der Waals surface area contributed by atoms with Crippen molar-refractivity contribution in [1.82, 2.24) is 15.6 Å². The van der Waals surface area contributed by atoms with Crippen LogP contribution in [0.4, 0.5) is 0 Å². The summed E-state index contributed by atoms with van der Waals surface area (Å²) in [6.45, 7) is 2.61. The molecule has 0 aromatic carbocycles. The molecule has 0 radical (unpaired) electrons. The lowest BCUT2D eigenvalue weighted by Gasteiger charge is -2.16. The fraction of sp³-hybridized carbons (Fsp3) is 0.455. The molecule has 1 aromatic heterocycles. The predicted octanol–water partition coefficient (Wildman–Crippen LogP) is 6.56. The molecule has 0 spiro atoms. The maximum Gasteiger partial charge on any atom is 0.328 e. The summed E-state index contributed by atoms with van der Waals surface area (Å²) in [5.41, 5.74) is 0.506. The van der Waals surface area contributed by atoms with Gasteiger partial charge in [-0.15, -0.1) is 0 Å². The standard InChI is InChI=1S/C33H47N3O4/c1-3-4-5-6-7-8-9-10-11-12-13-14-15-16-17-18-19-25-31(37)36-30(33(39)40-2)24-20-21-27-35-32(38)29-23-22-26-34-28-29/h4-5,7-8,10-11,13-14,16-17,22-23,26,28,30H,3,6,9,12,15,18-21,24-25,27H2,1-2H3,(H,35,38)(H,36,37)/t30-/m0/s1. The van der Waals surface area contributed by atoms with E-state index in [-0.39, 0.29) is 11.8 Å². The predicted molar refractivity (Wildman–Crippen MR) is 163 cm³/mol. The van der Waals surface area contributed by atoms with E-state index < -0.39 is 12.0 Å². The van der Waals surface area contributed by atoms with Gasteiger partial charge in [-0.2, -0.15) is 0 Å². The van der Waals surface area contributed by atoms with Gasteiger partial charge in [-0.3, -0.25) is 14.6 Å². The highest BCUT2D eigenvalue weighted by Gasteiger charge is 2.20. The van der Waals surface area contributed by atoms with E-state index in [0.29, 0.717) is 44.2 Å². The minimum Gasteiger partial charge on any atom is -0.467 e. The first-order valence-corrected chi connectivity index (χ1v) is 14.4. The number of carbonyl (C=O) groups excluding carboxylic acids is 3. The molecule has 40 heavy (non-hydrogen) atoms. The molecule has 0 saturated heterocycles. The van der Waals surface area contributed by atoms with Gasteiger partial charge in [-0.1, -0.05) is 67.7 Å². The average molecular weight is 550 g/mol. The van der Waals surface area contributed by atoms with Gasteiger partial charge >= 0.3 is 5.97 Å². The summed E-state index contributed by atoms with van der Waals surface area (Å²) in [6.07, 6.45) is 33.2. The van der Waals surface area contributed by atoms with Crippen molar-refractivity contribution in [3.8, 4) is 0 Å². The Morgan fingerprint density at radius 1 is 0.875 bits per heavy atom. The van der Waals surface area contributed by atoms with Crippen molar-refractivity contribution in [2.45, 2.75) is 83.6 Å². The number of esters is 1. The number of hydrogen-bond donors (Lipinski definition) is 2. The third-order valence-corrected chi connectivity index (χ3v) is 5.88. The second-order valence-corrected chi connectivity index (χ2v) is 9.24. The van der Waals surface area contributed by atoms with Gasteiger partial charge in [-0.25, -0.2) is 4.79 Å². The highest BCUT2D eigenvalue weighted by atomic mass is 16.5. The number of methoxy groups -OCH3 is 1. The van der Waals surface area contributed by atoms with Crippen LogP contribution < -0.4 is 10.6 Å². The Labute approximate surface area is 240 Å². The van der Waals surface area contributed by atoms with Crippen molar-refractivity contribution in [2.75, 3.05) is 13.7 Å². The van der Waals surface area contributed by atoms with Gasteiger partial charge in [0.05, 0.1) is 12.7 Å². The van der Waals surface area contributed by atoms with E-state index in [1.165, 1.54) is 13.3 Å². The molecule has 0 aliphatic carbocycles. The van der Waals surface area contributed by atoms with Crippen LogP contribution in [0.1, 0.15) is 87.9 Å². The van der Waals surface area contributed by atoms with Crippen molar-refractivity contribution in [3.63, 3.8) is 0 Å². The first-order chi connectivity index (χ1) is 19.6. The Morgan fingerprint density at radius 3 is 2.08 bits per heavy atom. The van der Waals surface area contributed by atoms with Gasteiger partial charge in [0, 0.05) is 25.4 Å².